The molecule has 1 N–H and O–H groups in total. The van der Waals surface area contributed by atoms with Crippen LogP contribution in [-0.4, -0.2) is 18.2 Å². The molecular weight excluding hydrogens is 254 g/mol. The van der Waals surface area contributed by atoms with Crippen LogP contribution in [0.25, 0.3) is 0 Å². The Balaban J connectivity index is 2.21. The van der Waals surface area contributed by atoms with E-state index in [2.05, 4.69) is 11.9 Å². The minimum Gasteiger partial charge on any atom is -0.356 e. The van der Waals surface area contributed by atoms with Gasteiger partial charge in [0.2, 0.25) is 5.91 Å². The number of amides is 1. The predicted molar refractivity (Wildman–Crippen MR) is 74.6 cm³/mol. The first kappa shape index (κ1) is 14.1. The second kappa shape index (κ2) is 8.20. The summed E-state index contributed by atoms with van der Waals surface area (Å²) in [5, 5.41) is 3.57. The molecule has 0 aliphatic carbocycles. The van der Waals surface area contributed by atoms with Gasteiger partial charge in [-0.3, -0.25) is 4.79 Å². The number of carbonyl (C=O) groups excluding carboxylic acids is 1. The summed E-state index contributed by atoms with van der Waals surface area (Å²) < 4.78 is 0. The molecule has 0 radical (unpaired) electrons. The van der Waals surface area contributed by atoms with Crippen molar-refractivity contribution >= 4 is 29.3 Å². The van der Waals surface area contributed by atoms with Gasteiger partial charge in [0.1, 0.15) is 0 Å². The van der Waals surface area contributed by atoms with Gasteiger partial charge >= 0.3 is 0 Å². The van der Waals surface area contributed by atoms with Crippen molar-refractivity contribution in [3.8, 4) is 0 Å². The lowest BCUT2D eigenvalue weighted by molar-refractivity contribution is -0.120. The highest BCUT2D eigenvalue weighted by Gasteiger charge is 2.03. The van der Waals surface area contributed by atoms with Gasteiger partial charge in [0.15, 0.2) is 0 Å². The summed E-state index contributed by atoms with van der Waals surface area (Å²) in [5.41, 5.74) is 0. The quantitative estimate of drug-likeness (QED) is 0.466. The Hall–Kier alpha value is -0.930. The number of nitrogens with one attached hydrogen (secondary N) is 1. The summed E-state index contributed by atoms with van der Waals surface area (Å²) in [5.74, 6) is 0.815. The fraction of sp³-hybridized carbons (Fsp3) is 0.308. The van der Waals surface area contributed by atoms with Gasteiger partial charge in [-0.15, -0.1) is 18.3 Å². The van der Waals surface area contributed by atoms with Crippen LogP contribution in [0.2, 0.25) is 5.02 Å². The lowest BCUT2D eigenvalue weighted by Gasteiger charge is -2.04. The second-order valence-electron chi connectivity index (χ2n) is 3.46. The van der Waals surface area contributed by atoms with Crippen molar-refractivity contribution in [3.63, 3.8) is 0 Å². The van der Waals surface area contributed by atoms with E-state index in [1.165, 1.54) is 0 Å². The maximum absolute atomic E-state index is 11.4. The van der Waals surface area contributed by atoms with Gasteiger partial charge in [0, 0.05) is 23.6 Å². The highest BCUT2D eigenvalue weighted by molar-refractivity contribution is 7.99. The van der Waals surface area contributed by atoms with Gasteiger partial charge in [-0.25, -0.2) is 0 Å². The summed E-state index contributed by atoms with van der Waals surface area (Å²) in [6, 6.07) is 7.66. The summed E-state index contributed by atoms with van der Waals surface area (Å²) >= 11 is 7.61. The third-order valence-corrected chi connectivity index (χ3v) is 3.61. The molecule has 1 aromatic carbocycles. The maximum Gasteiger partial charge on any atom is 0.220 e. The van der Waals surface area contributed by atoms with Gasteiger partial charge in [0.05, 0.1) is 5.02 Å². The number of hydrogen-bond acceptors (Lipinski definition) is 2. The number of halogens is 1. The van der Waals surface area contributed by atoms with E-state index in [9.17, 15) is 4.79 Å². The molecule has 1 amide bonds. The smallest absolute Gasteiger partial charge is 0.220 e. The van der Waals surface area contributed by atoms with Gasteiger partial charge < -0.3 is 5.32 Å². The summed E-state index contributed by atoms with van der Waals surface area (Å²) in [7, 11) is 0. The Labute approximate surface area is 111 Å². The van der Waals surface area contributed by atoms with Crippen molar-refractivity contribution < 1.29 is 4.79 Å². The average Bonchev–Trinajstić information content (AvgIpc) is 2.32. The summed E-state index contributed by atoms with van der Waals surface area (Å²) in [6.45, 7) is 4.26. The van der Waals surface area contributed by atoms with Crippen molar-refractivity contribution in [1.29, 1.82) is 0 Å². The molecule has 0 aliphatic rings. The van der Waals surface area contributed by atoms with E-state index in [1.807, 2.05) is 24.3 Å². The molecule has 0 bridgehead atoms. The molecule has 0 atom stereocenters. The molecule has 0 aliphatic heterocycles. The Bertz CT molecular complexity index is 381. The largest absolute Gasteiger partial charge is 0.356 e. The minimum atomic E-state index is 0.0754. The molecule has 0 heterocycles. The van der Waals surface area contributed by atoms with Crippen LogP contribution in [0.3, 0.4) is 0 Å². The number of hydrogen-bond donors (Lipinski definition) is 1. The zero-order chi connectivity index (χ0) is 12.5. The van der Waals surface area contributed by atoms with Gasteiger partial charge in [-0.1, -0.05) is 29.8 Å². The van der Waals surface area contributed by atoms with Gasteiger partial charge in [-0.05, 0) is 18.6 Å². The summed E-state index contributed by atoms with van der Waals surface area (Å²) in [4.78, 5) is 12.4. The Kier molecular flexibility index (Phi) is 6.82. The average molecular weight is 270 g/mol. The van der Waals surface area contributed by atoms with E-state index in [-0.39, 0.29) is 5.91 Å². The molecule has 0 fully saturated rings. The third-order valence-electron chi connectivity index (χ3n) is 2.09. The van der Waals surface area contributed by atoms with E-state index < -0.39 is 0 Å². The number of benzene rings is 1. The van der Waals surface area contributed by atoms with Crippen LogP contribution >= 0.6 is 23.4 Å². The molecule has 1 rings (SSSR count). The Morgan fingerprint density at radius 2 is 2.24 bits per heavy atom. The van der Waals surface area contributed by atoms with E-state index in [4.69, 9.17) is 11.6 Å². The zero-order valence-electron chi connectivity index (χ0n) is 9.62. The van der Waals surface area contributed by atoms with Crippen LogP contribution in [0.4, 0.5) is 0 Å². The monoisotopic (exact) mass is 269 g/mol. The van der Waals surface area contributed by atoms with Crippen molar-refractivity contribution in [2.24, 2.45) is 0 Å². The van der Waals surface area contributed by atoms with Gasteiger partial charge in [0.25, 0.3) is 0 Å². The molecule has 17 heavy (non-hydrogen) atoms. The van der Waals surface area contributed by atoms with E-state index >= 15 is 0 Å². The molecule has 0 unspecified atom stereocenters. The van der Waals surface area contributed by atoms with Crippen LogP contribution < -0.4 is 5.32 Å². The highest BCUT2D eigenvalue weighted by Crippen LogP contribution is 2.26. The molecule has 1 aromatic rings. The zero-order valence-corrected chi connectivity index (χ0v) is 11.2. The lowest BCUT2D eigenvalue weighted by Crippen LogP contribution is -2.24. The number of rotatable bonds is 7. The number of thioether (sulfide) groups is 1. The van der Waals surface area contributed by atoms with Gasteiger partial charge in [-0.2, -0.15) is 0 Å². The first-order valence-corrected chi connectivity index (χ1v) is 6.85. The maximum atomic E-state index is 11.4. The van der Waals surface area contributed by atoms with Crippen LogP contribution in [-0.2, 0) is 4.79 Å². The molecule has 0 saturated heterocycles. The topological polar surface area (TPSA) is 29.1 Å². The van der Waals surface area contributed by atoms with Crippen molar-refractivity contribution in [3.05, 3.63) is 41.9 Å². The third kappa shape index (κ3) is 5.80. The molecule has 4 heteroatoms. The second-order valence-corrected chi connectivity index (χ2v) is 5.00. The van der Waals surface area contributed by atoms with E-state index in [0.717, 1.165) is 22.1 Å². The standard InChI is InChI=1S/C13H16ClNOS/c1-2-3-9-15-13(16)8-10-17-12-7-5-4-6-11(12)14/h2,4-7H,1,3,8-10H2,(H,15,16). The molecular formula is C13H16ClNOS. The molecule has 2 nitrogen and oxygen atoms in total. The minimum absolute atomic E-state index is 0.0754. The first-order chi connectivity index (χ1) is 8.24. The highest BCUT2D eigenvalue weighted by atomic mass is 35.5. The van der Waals surface area contributed by atoms with E-state index in [0.29, 0.717) is 13.0 Å². The lowest BCUT2D eigenvalue weighted by atomic mass is 10.4. The Morgan fingerprint density at radius 3 is 2.94 bits per heavy atom. The van der Waals surface area contributed by atoms with Crippen LogP contribution in [0.5, 0.6) is 0 Å². The SMILES string of the molecule is C=CCCNC(=O)CCSc1ccccc1Cl. The van der Waals surface area contributed by atoms with Crippen LogP contribution in [0.15, 0.2) is 41.8 Å². The first-order valence-electron chi connectivity index (χ1n) is 5.49. The van der Waals surface area contributed by atoms with Crippen molar-refractivity contribution in [2.75, 3.05) is 12.3 Å². The fourth-order valence-corrected chi connectivity index (χ4v) is 2.41. The normalized spacial score (nSPS) is 9.94. The number of carbonyl (C=O) groups is 1. The van der Waals surface area contributed by atoms with E-state index in [1.54, 1.807) is 17.8 Å². The molecule has 0 spiro atoms. The fourth-order valence-electron chi connectivity index (χ4n) is 1.22. The van der Waals surface area contributed by atoms with Crippen molar-refractivity contribution in [2.45, 2.75) is 17.7 Å². The predicted octanol–water partition coefficient (Wildman–Crippen LogP) is 3.51. The molecule has 0 saturated carbocycles. The molecule has 0 aromatic heterocycles. The summed E-state index contributed by atoms with van der Waals surface area (Å²) in [6.07, 6.45) is 3.11. The van der Waals surface area contributed by atoms with Crippen LogP contribution in [0, 0.1) is 0 Å². The molecule has 92 valence electrons. The van der Waals surface area contributed by atoms with Crippen molar-refractivity contribution in [1.82, 2.24) is 5.32 Å². The Morgan fingerprint density at radius 1 is 1.47 bits per heavy atom. The van der Waals surface area contributed by atoms with Crippen LogP contribution in [0.1, 0.15) is 12.8 Å².